The van der Waals surface area contributed by atoms with Gasteiger partial charge in [0.25, 0.3) is 5.56 Å². The topological polar surface area (TPSA) is 45.8 Å². The summed E-state index contributed by atoms with van der Waals surface area (Å²) in [6, 6.07) is 4.78. The minimum absolute atomic E-state index is 0.163. The lowest BCUT2D eigenvalue weighted by molar-refractivity contribution is -0.137. The molecule has 0 spiro atoms. The highest BCUT2D eigenvalue weighted by Gasteiger charge is 2.31. The fourth-order valence-electron chi connectivity index (χ4n) is 2.08. The molecule has 2 aromatic rings. The predicted octanol–water partition coefficient (Wildman–Crippen LogP) is 4.10. The van der Waals surface area contributed by atoms with Gasteiger partial charge in [-0.2, -0.15) is 13.2 Å². The molecule has 0 bridgehead atoms. The van der Waals surface area contributed by atoms with Crippen molar-refractivity contribution in [2.75, 3.05) is 0 Å². The van der Waals surface area contributed by atoms with E-state index in [9.17, 15) is 18.0 Å². The van der Waals surface area contributed by atoms with E-state index in [0.717, 1.165) is 25.0 Å². The van der Waals surface area contributed by atoms with Crippen molar-refractivity contribution in [1.29, 1.82) is 0 Å². The molecule has 0 atom stereocenters. The zero-order valence-electron chi connectivity index (χ0n) is 10.7. The highest BCUT2D eigenvalue weighted by atomic mass is 79.9. The molecule has 0 amide bonds. The molecule has 0 unspecified atom stereocenters. The lowest BCUT2D eigenvalue weighted by Gasteiger charge is -2.09. The number of nitrogens with one attached hydrogen (secondary N) is 1. The Morgan fingerprint density at radius 1 is 1.29 bits per heavy atom. The van der Waals surface area contributed by atoms with Gasteiger partial charge in [-0.1, -0.05) is 12.1 Å². The van der Waals surface area contributed by atoms with Gasteiger partial charge in [0.2, 0.25) is 0 Å². The molecule has 1 fully saturated rings. The van der Waals surface area contributed by atoms with Crippen LogP contribution in [0.25, 0.3) is 11.4 Å². The van der Waals surface area contributed by atoms with E-state index in [1.165, 1.54) is 12.1 Å². The molecular weight excluding hydrogens is 349 g/mol. The number of halogens is 4. The van der Waals surface area contributed by atoms with Crippen LogP contribution in [0.15, 0.2) is 33.5 Å². The Hall–Kier alpha value is -1.63. The van der Waals surface area contributed by atoms with Gasteiger partial charge in [-0.15, -0.1) is 0 Å². The van der Waals surface area contributed by atoms with Gasteiger partial charge in [-0.05, 0) is 40.9 Å². The normalized spacial score (nSPS) is 15.2. The Morgan fingerprint density at radius 3 is 2.62 bits per heavy atom. The predicted molar refractivity (Wildman–Crippen MR) is 75.0 cm³/mol. The molecule has 1 aromatic carbocycles. The fourth-order valence-corrected chi connectivity index (χ4v) is 2.59. The van der Waals surface area contributed by atoms with Gasteiger partial charge < -0.3 is 4.98 Å². The van der Waals surface area contributed by atoms with Gasteiger partial charge in [0.15, 0.2) is 0 Å². The van der Waals surface area contributed by atoms with Gasteiger partial charge in [0.05, 0.1) is 11.3 Å². The molecule has 3 nitrogen and oxygen atoms in total. The molecule has 1 heterocycles. The second-order valence-electron chi connectivity index (χ2n) is 4.97. The number of hydrogen-bond acceptors (Lipinski definition) is 2. The van der Waals surface area contributed by atoms with Crippen LogP contribution >= 0.6 is 15.9 Å². The average molecular weight is 359 g/mol. The van der Waals surface area contributed by atoms with Crippen molar-refractivity contribution in [1.82, 2.24) is 9.97 Å². The maximum absolute atomic E-state index is 12.7. The molecule has 1 saturated carbocycles. The Kier molecular flexibility index (Phi) is 3.39. The van der Waals surface area contributed by atoms with Crippen LogP contribution in [-0.4, -0.2) is 9.97 Å². The van der Waals surface area contributed by atoms with E-state index < -0.39 is 11.7 Å². The van der Waals surface area contributed by atoms with Crippen LogP contribution in [0.2, 0.25) is 0 Å². The minimum Gasteiger partial charge on any atom is -0.306 e. The van der Waals surface area contributed by atoms with Crippen LogP contribution in [0.5, 0.6) is 0 Å². The lowest BCUT2D eigenvalue weighted by Crippen LogP contribution is -2.13. The van der Waals surface area contributed by atoms with Crippen LogP contribution < -0.4 is 5.56 Å². The highest BCUT2D eigenvalue weighted by Crippen LogP contribution is 2.41. The first kappa shape index (κ1) is 14.3. The molecule has 1 aliphatic rings. The van der Waals surface area contributed by atoms with Crippen molar-refractivity contribution in [3.8, 4) is 11.4 Å². The quantitative estimate of drug-likeness (QED) is 0.878. The number of H-pyrrole nitrogens is 1. The van der Waals surface area contributed by atoms with Gasteiger partial charge in [-0.25, -0.2) is 4.98 Å². The number of aromatic amines is 1. The summed E-state index contributed by atoms with van der Waals surface area (Å²) in [5.41, 5.74) is -0.277. The molecule has 1 N–H and O–H groups in total. The Bertz CT molecular complexity index is 751. The third kappa shape index (κ3) is 2.88. The summed E-state index contributed by atoms with van der Waals surface area (Å²) in [5, 5.41) is 0. The molecule has 1 aliphatic carbocycles. The second-order valence-corrected chi connectivity index (χ2v) is 5.76. The first-order valence-corrected chi connectivity index (χ1v) is 7.13. The van der Waals surface area contributed by atoms with Crippen molar-refractivity contribution < 1.29 is 13.2 Å². The maximum Gasteiger partial charge on any atom is 0.416 e. The molecule has 21 heavy (non-hydrogen) atoms. The molecule has 0 radical (unpaired) electrons. The number of nitrogens with zero attached hydrogens (tertiary/aromatic N) is 1. The fraction of sp³-hybridized carbons (Fsp3) is 0.286. The van der Waals surface area contributed by atoms with E-state index in [0.29, 0.717) is 10.2 Å². The number of alkyl halides is 3. The number of rotatable bonds is 2. The SMILES string of the molecule is O=c1[nH]c(-c2cccc(C(F)(F)F)c2)nc(C2CC2)c1Br. The summed E-state index contributed by atoms with van der Waals surface area (Å²) in [6.45, 7) is 0. The smallest absolute Gasteiger partial charge is 0.306 e. The molecule has 0 saturated heterocycles. The first-order chi connectivity index (χ1) is 9.86. The maximum atomic E-state index is 12.7. The Balaban J connectivity index is 2.11. The Labute approximate surface area is 126 Å². The monoisotopic (exact) mass is 358 g/mol. The number of aromatic nitrogens is 2. The lowest BCUT2D eigenvalue weighted by atomic mass is 10.1. The first-order valence-electron chi connectivity index (χ1n) is 6.33. The standard InChI is InChI=1S/C14H10BrF3N2O/c15-10-11(7-4-5-7)19-12(20-13(10)21)8-2-1-3-9(6-8)14(16,17)18/h1-3,6-7H,4-5H2,(H,19,20,21). The second kappa shape index (κ2) is 4.98. The molecular formula is C14H10BrF3N2O. The molecule has 0 aliphatic heterocycles. The number of hydrogen-bond donors (Lipinski definition) is 1. The summed E-state index contributed by atoms with van der Waals surface area (Å²) < 4.78 is 38.6. The molecule has 7 heteroatoms. The minimum atomic E-state index is -4.43. The van der Waals surface area contributed by atoms with E-state index in [4.69, 9.17) is 0 Å². The van der Waals surface area contributed by atoms with Crippen LogP contribution in [0.3, 0.4) is 0 Å². The molecule has 3 rings (SSSR count). The van der Waals surface area contributed by atoms with Crippen molar-refractivity contribution >= 4 is 15.9 Å². The summed E-state index contributed by atoms with van der Waals surface area (Å²) in [6.07, 6.45) is -2.54. The third-order valence-electron chi connectivity index (χ3n) is 3.32. The molecule has 110 valence electrons. The van der Waals surface area contributed by atoms with Crippen molar-refractivity contribution in [3.05, 3.63) is 50.3 Å². The van der Waals surface area contributed by atoms with Gasteiger partial charge >= 0.3 is 6.18 Å². The Morgan fingerprint density at radius 2 is 2.00 bits per heavy atom. The summed E-state index contributed by atoms with van der Waals surface area (Å²) in [5.74, 6) is 0.377. The van der Waals surface area contributed by atoms with Crippen LogP contribution in [0.1, 0.15) is 30.0 Å². The van der Waals surface area contributed by atoms with Crippen molar-refractivity contribution in [3.63, 3.8) is 0 Å². The third-order valence-corrected chi connectivity index (χ3v) is 4.08. The van der Waals surface area contributed by atoms with Gasteiger partial charge in [-0.3, -0.25) is 4.79 Å². The van der Waals surface area contributed by atoms with Crippen LogP contribution in [-0.2, 0) is 6.18 Å². The highest BCUT2D eigenvalue weighted by molar-refractivity contribution is 9.10. The van der Waals surface area contributed by atoms with Crippen molar-refractivity contribution in [2.45, 2.75) is 24.9 Å². The summed E-state index contributed by atoms with van der Waals surface area (Å²) in [7, 11) is 0. The van der Waals surface area contributed by atoms with E-state index in [1.807, 2.05) is 0 Å². The average Bonchev–Trinajstić information content (AvgIpc) is 3.25. The summed E-state index contributed by atoms with van der Waals surface area (Å²) in [4.78, 5) is 18.7. The molecule has 1 aromatic heterocycles. The summed E-state index contributed by atoms with van der Waals surface area (Å²) >= 11 is 3.19. The number of benzene rings is 1. The van der Waals surface area contributed by atoms with Crippen LogP contribution in [0.4, 0.5) is 13.2 Å². The van der Waals surface area contributed by atoms with Gasteiger partial charge in [0, 0.05) is 11.5 Å². The zero-order valence-corrected chi connectivity index (χ0v) is 12.3. The zero-order chi connectivity index (χ0) is 15.2. The largest absolute Gasteiger partial charge is 0.416 e. The van der Waals surface area contributed by atoms with E-state index in [-0.39, 0.29) is 22.9 Å². The van der Waals surface area contributed by atoms with Crippen molar-refractivity contribution in [2.24, 2.45) is 0 Å². The van der Waals surface area contributed by atoms with E-state index >= 15 is 0 Å². The van der Waals surface area contributed by atoms with Gasteiger partial charge in [0.1, 0.15) is 10.3 Å². The van der Waals surface area contributed by atoms with E-state index in [1.54, 1.807) is 0 Å². The van der Waals surface area contributed by atoms with E-state index in [2.05, 4.69) is 25.9 Å². The van der Waals surface area contributed by atoms with Crippen LogP contribution in [0, 0.1) is 0 Å².